The molecular weight excluding hydrogens is 358 g/mol. The summed E-state index contributed by atoms with van der Waals surface area (Å²) in [6.45, 7) is 5.83. The van der Waals surface area contributed by atoms with Gasteiger partial charge < -0.3 is 4.57 Å². The molecule has 0 bridgehead atoms. The lowest BCUT2D eigenvalue weighted by atomic mass is 9.98. The molecule has 2 heterocycles. The van der Waals surface area contributed by atoms with E-state index in [1.54, 1.807) is 10.4 Å². The van der Waals surface area contributed by atoms with E-state index in [9.17, 15) is 8.42 Å². The maximum Gasteiger partial charge on any atom is 0.243 e. The number of aromatic nitrogens is 2. The highest BCUT2D eigenvalue weighted by Gasteiger charge is 2.30. The predicted octanol–water partition coefficient (Wildman–Crippen LogP) is 3.75. The zero-order chi connectivity index (χ0) is 19.0. The van der Waals surface area contributed by atoms with Gasteiger partial charge in [0.25, 0.3) is 0 Å². The van der Waals surface area contributed by atoms with Crippen LogP contribution in [0.2, 0.25) is 0 Å². The largest absolute Gasteiger partial charge is 0.330 e. The summed E-state index contributed by atoms with van der Waals surface area (Å²) in [5.74, 6) is 0.465. The van der Waals surface area contributed by atoms with Gasteiger partial charge in [0, 0.05) is 19.6 Å². The molecule has 142 valence electrons. The average Bonchev–Trinajstić information content (AvgIpc) is 3.07. The van der Waals surface area contributed by atoms with Gasteiger partial charge in [-0.25, -0.2) is 13.4 Å². The Balaban J connectivity index is 1.46. The van der Waals surface area contributed by atoms with E-state index in [1.807, 2.05) is 50.5 Å². The van der Waals surface area contributed by atoms with Gasteiger partial charge >= 0.3 is 0 Å². The molecule has 1 fully saturated rings. The highest BCUT2D eigenvalue weighted by molar-refractivity contribution is 7.89. The number of imidazole rings is 1. The molecule has 4 rings (SSSR count). The van der Waals surface area contributed by atoms with Crippen LogP contribution in [-0.2, 0) is 16.6 Å². The van der Waals surface area contributed by atoms with Gasteiger partial charge in [-0.3, -0.25) is 0 Å². The first-order chi connectivity index (χ1) is 12.9. The fourth-order valence-corrected chi connectivity index (χ4v) is 5.67. The Kier molecular flexibility index (Phi) is 4.78. The molecule has 2 aromatic carbocycles. The Morgan fingerprint density at radius 1 is 1.07 bits per heavy atom. The number of hydrogen-bond donors (Lipinski definition) is 0. The molecule has 1 aromatic heterocycles. The number of sulfonamides is 1. The lowest BCUT2D eigenvalue weighted by Gasteiger charge is -2.31. The minimum atomic E-state index is -3.42. The molecule has 0 radical (unpaired) electrons. The molecule has 1 saturated heterocycles. The molecule has 0 aliphatic carbocycles. The number of nitrogens with zero attached hydrogens (tertiary/aromatic N) is 3. The molecule has 1 aliphatic rings. The second kappa shape index (κ2) is 7.09. The molecule has 0 amide bonds. The summed E-state index contributed by atoms with van der Waals surface area (Å²) < 4.78 is 30.0. The number of piperidine rings is 1. The first-order valence-electron chi connectivity index (χ1n) is 9.42. The SMILES string of the molecule is Cc1ccc(C)c(S(=O)(=O)N2CCC(Cn3cnc4ccccc43)CC2)c1. The highest BCUT2D eigenvalue weighted by atomic mass is 32.2. The summed E-state index contributed by atoms with van der Waals surface area (Å²) in [5, 5.41) is 0. The monoisotopic (exact) mass is 383 g/mol. The van der Waals surface area contributed by atoms with Crippen molar-refractivity contribution in [2.45, 2.75) is 38.1 Å². The van der Waals surface area contributed by atoms with E-state index in [0.29, 0.717) is 23.9 Å². The number of fused-ring (bicyclic) bond motifs is 1. The fourth-order valence-electron chi connectivity index (χ4n) is 3.89. The summed E-state index contributed by atoms with van der Waals surface area (Å²) in [6, 6.07) is 13.8. The number of aryl methyl sites for hydroxylation is 2. The van der Waals surface area contributed by atoms with Crippen molar-refractivity contribution < 1.29 is 8.42 Å². The highest BCUT2D eigenvalue weighted by Crippen LogP contribution is 2.27. The topological polar surface area (TPSA) is 55.2 Å². The van der Waals surface area contributed by atoms with Crippen LogP contribution < -0.4 is 0 Å². The number of hydrogen-bond acceptors (Lipinski definition) is 3. The smallest absolute Gasteiger partial charge is 0.243 e. The molecule has 0 unspecified atom stereocenters. The number of benzene rings is 2. The Hall–Kier alpha value is -2.18. The van der Waals surface area contributed by atoms with E-state index in [2.05, 4.69) is 15.6 Å². The van der Waals surface area contributed by atoms with Crippen LogP contribution >= 0.6 is 0 Å². The second-order valence-electron chi connectivity index (χ2n) is 7.50. The molecule has 0 spiro atoms. The third-order valence-corrected chi connectivity index (χ3v) is 7.56. The Labute approximate surface area is 160 Å². The van der Waals surface area contributed by atoms with Gasteiger partial charge in [0.1, 0.15) is 0 Å². The third kappa shape index (κ3) is 3.51. The summed E-state index contributed by atoms with van der Waals surface area (Å²) in [5.41, 5.74) is 3.93. The summed E-state index contributed by atoms with van der Waals surface area (Å²) in [6.07, 6.45) is 3.64. The van der Waals surface area contributed by atoms with Gasteiger partial charge in [-0.05, 0) is 61.9 Å². The molecular formula is C21H25N3O2S. The summed E-state index contributed by atoms with van der Waals surface area (Å²) in [7, 11) is -3.42. The van der Waals surface area contributed by atoms with Gasteiger partial charge in [-0.2, -0.15) is 4.31 Å². The van der Waals surface area contributed by atoms with Crippen molar-refractivity contribution in [3.63, 3.8) is 0 Å². The molecule has 0 atom stereocenters. The van der Waals surface area contributed by atoms with Gasteiger partial charge in [-0.1, -0.05) is 24.3 Å². The maximum absolute atomic E-state index is 13.1. The average molecular weight is 384 g/mol. The van der Waals surface area contributed by atoms with Crippen LogP contribution in [-0.4, -0.2) is 35.4 Å². The van der Waals surface area contributed by atoms with Crippen LogP contribution in [0.3, 0.4) is 0 Å². The third-order valence-electron chi connectivity index (χ3n) is 5.52. The lowest BCUT2D eigenvalue weighted by molar-refractivity contribution is 0.254. The minimum absolute atomic E-state index is 0.446. The zero-order valence-electron chi connectivity index (χ0n) is 15.8. The fraction of sp³-hybridized carbons (Fsp3) is 0.381. The van der Waals surface area contributed by atoms with Crippen LogP contribution in [0.4, 0.5) is 0 Å². The molecule has 0 saturated carbocycles. The first kappa shape index (κ1) is 18.2. The Morgan fingerprint density at radius 3 is 2.59 bits per heavy atom. The summed E-state index contributed by atoms with van der Waals surface area (Å²) >= 11 is 0. The first-order valence-corrected chi connectivity index (χ1v) is 10.9. The van der Waals surface area contributed by atoms with Crippen molar-refractivity contribution in [1.82, 2.24) is 13.9 Å². The van der Waals surface area contributed by atoms with Gasteiger partial charge in [0.2, 0.25) is 10.0 Å². The minimum Gasteiger partial charge on any atom is -0.330 e. The number of para-hydroxylation sites is 2. The van der Waals surface area contributed by atoms with Crippen LogP contribution in [0.15, 0.2) is 53.7 Å². The summed E-state index contributed by atoms with van der Waals surface area (Å²) in [4.78, 5) is 4.90. The van der Waals surface area contributed by atoms with Crippen LogP contribution in [0.1, 0.15) is 24.0 Å². The zero-order valence-corrected chi connectivity index (χ0v) is 16.6. The molecule has 6 heteroatoms. The Bertz CT molecular complexity index is 1060. The van der Waals surface area contributed by atoms with Crippen molar-refractivity contribution in [1.29, 1.82) is 0 Å². The van der Waals surface area contributed by atoms with Crippen LogP contribution in [0, 0.1) is 19.8 Å². The van der Waals surface area contributed by atoms with E-state index >= 15 is 0 Å². The maximum atomic E-state index is 13.1. The van der Waals surface area contributed by atoms with Crippen LogP contribution in [0.5, 0.6) is 0 Å². The molecule has 0 N–H and O–H groups in total. The van der Waals surface area contributed by atoms with Crippen molar-refractivity contribution in [3.8, 4) is 0 Å². The van der Waals surface area contributed by atoms with Crippen LogP contribution in [0.25, 0.3) is 11.0 Å². The molecule has 3 aromatic rings. The normalized spacial score (nSPS) is 16.8. The van der Waals surface area contributed by atoms with E-state index in [-0.39, 0.29) is 0 Å². The van der Waals surface area contributed by atoms with Crippen molar-refractivity contribution in [2.75, 3.05) is 13.1 Å². The van der Waals surface area contributed by atoms with E-state index in [0.717, 1.165) is 41.5 Å². The van der Waals surface area contributed by atoms with E-state index in [4.69, 9.17) is 0 Å². The van der Waals surface area contributed by atoms with Gasteiger partial charge in [0.15, 0.2) is 0 Å². The van der Waals surface area contributed by atoms with Crippen molar-refractivity contribution in [2.24, 2.45) is 5.92 Å². The lowest BCUT2D eigenvalue weighted by Crippen LogP contribution is -2.39. The van der Waals surface area contributed by atoms with E-state index < -0.39 is 10.0 Å². The van der Waals surface area contributed by atoms with Gasteiger partial charge in [0.05, 0.1) is 22.3 Å². The van der Waals surface area contributed by atoms with Crippen molar-refractivity contribution in [3.05, 3.63) is 59.9 Å². The second-order valence-corrected chi connectivity index (χ2v) is 9.41. The molecule has 27 heavy (non-hydrogen) atoms. The van der Waals surface area contributed by atoms with Gasteiger partial charge in [-0.15, -0.1) is 0 Å². The quantitative estimate of drug-likeness (QED) is 0.689. The number of rotatable bonds is 4. The standard InChI is InChI=1S/C21H25N3O2S/c1-16-7-8-17(2)21(13-16)27(25,26)24-11-9-18(10-12-24)14-23-15-22-19-5-3-4-6-20(19)23/h3-8,13,15,18H,9-12,14H2,1-2H3. The Morgan fingerprint density at radius 2 is 1.81 bits per heavy atom. The van der Waals surface area contributed by atoms with E-state index in [1.165, 1.54) is 0 Å². The molecule has 1 aliphatic heterocycles. The van der Waals surface area contributed by atoms with Crippen molar-refractivity contribution >= 4 is 21.1 Å². The molecule has 5 nitrogen and oxygen atoms in total. The predicted molar refractivity (Wildman–Crippen MR) is 107 cm³/mol.